The zero-order chi connectivity index (χ0) is 19.8. The molecule has 1 fully saturated rings. The van der Waals surface area contributed by atoms with E-state index in [4.69, 9.17) is 4.74 Å². The second kappa shape index (κ2) is 7.21. The van der Waals surface area contributed by atoms with E-state index in [1.807, 2.05) is 57.3 Å². The summed E-state index contributed by atoms with van der Waals surface area (Å²) in [4.78, 5) is 33.5. The van der Waals surface area contributed by atoms with Crippen LogP contribution in [0.2, 0.25) is 0 Å². The van der Waals surface area contributed by atoms with Crippen molar-refractivity contribution in [2.45, 2.75) is 46.6 Å². The molecule has 7 nitrogen and oxygen atoms in total. The Hall–Kier alpha value is -2.57. The minimum Gasteiger partial charge on any atom is -0.444 e. The van der Waals surface area contributed by atoms with Crippen molar-refractivity contribution in [1.82, 2.24) is 19.2 Å². The van der Waals surface area contributed by atoms with Crippen molar-refractivity contribution in [3.63, 3.8) is 0 Å². The number of carbonyl (C=O) groups is 2. The van der Waals surface area contributed by atoms with Crippen LogP contribution < -0.4 is 0 Å². The number of ether oxygens (including phenoxy) is 1. The lowest BCUT2D eigenvalue weighted by atomic mass is 10.2. The highest BCUT2D eigenvalue weighted by Crippen LogP contribution is 2.19. The lowest BCUT2D eigenvalue weighted by Crippen LogP contribution is -2.51. The van der Waals surface area contributed by atoms with Crippen LogP contribution in [0.25, 0.3) is 5.65 Å². The summed E-state index contributed by atoms with van der Waals surface area (Å²) in [5.74, 6) is -0.0335. The summed E-state index contributed by atoms with van der Waals surface area (Å²) in [6, 6.07) is 3.93. The molecule has 1 aliphatic heterocycles. The molecular weight excluding hydrogens is 344 g/mol. The Kier molecular flexibility index (Phi) is 5.13. The molecule has 0 bridgehead atoms. The smallest absolute Gasteiger partial charge is 0.410 e. The van der Waals surface area contributed by atoms with Crippen LogP contribution in [0.1, 0.15) is 49.4 Å². The molecule has 0 N–H and O–H groups in total. The van der Waals surface area contributed by atoms with Crippen molar-refractivity contribution in [1.29, 1.82) is 0 Å². The van der Waals surface area contributed by atoms with Gasteiger partial charge in [-0.25, -0.2) is 9.78 Å². The molecule has 146 valence electrons. The fraction of sp³-hybridized carbons (Fsp3) is 0.550. The third kappa shape index (κ3) is 4.07. The summed E-state index contributed by atoms with van der Waals surface area (Å²) >= 11 is 0. The van der Waals surface area contributed by atoms with Gasteiger partial charge in [-0.05, 0) is 45.7 Å². The third-order valence-electron chi connectivity index (χ3n) is 4.59. The van der Waals surface area contributed by atoms with Crippen LogP contribution in [0, 0.1) is 6.92 Å². The van der Waals surface area contributed by atoms with Gasteiger partial charge in [0.2, 0.25) is 0 Å². The molecular formula is C20H28N4O3. The summed E-state index contributed by atoms with van der Waals surface area (Å²) in [7, 11) is 0. The molecule has 2 aromatic rings. The molecule has 0 radical (unpaired) electrons. The van der Waals surface area contributed by atoms with Gasteiger partial charge in [0.25, 0.3) is 5.91 Å². The van der Waals surface area contributed by atoms with Crippen LogP contribution in [-0.4, -0.2) is 63.0 Å². The van der Waals surface area contributed by atoms with Crippen LogP contribution in [0.15, 0.2) is 18.3 Å². The summed E-state index contributed by atoms with van der Waals surface area (Å²) in [6.07, 6.45) is 2.32. The predicted octanol–water partition coefficient (Wildman–Crippen LogP) is 2.90. The van der Waals surface area contributed by atoms with Crippen molar-refractivity contribution >= 4 is 17.6 Å². The molecule has 3 rings (SSSR count). The summed E-state index contributed by atoms with van der Waals surface area (Å²) in [5, 5.41) is 0. The molecule has 0 aromatic carbocycles. The van der Waals surface area contributed by atoms with E-state index in [-0.39, 0.29) is 12.0 Å². The summed E-state index contributed by atoms with van der Waals surface area (Å²) < 4.78 is 7.31. The SMILES string of the molecule is CCc1nc2ccc(C)cn2c1C(=O)N1CCN(C(=O)OC(C)(C)C)CC1. The first-order chi connectivity index (χ1) is 12.7. The minimum absolute atomic E-state index is 0.0335. The molecule has 0 saturated carbocycles. The number of piperazine rings is 1. The molecule has 0 aliphatic carbocycles. The second-order valence-corrected chi connectivity index (χ2v) is 7.95. The molecule has 1 aliphatic rings. The monoisotopic (exact) mass is 372 g/mol. The van der Waals surface area contributed by atoms with Gasteiger partial charge in [0.15, 0.2) is 0 Å². The van der Waals surface area contributed by atoms with Crippen molar-refractivity contribution < 1.29 is 14.3 Å². The standard InChI is InChI=1S/C20H28N4O3/c1-6-15-17(24-13-14(2)7-8-16(24)21-15)18(25)22-9-11-23(12-10-22)19(26)27-20(3,4)5/h7-8,13H,6,9-12H2,1-5H3. The zero-order valence-corrected chi connectivity index (χ0v) is 16.8. The number of hydrogen-bond acceptors (Lipinski definition) is 4. The van der Waals surface area contributed by atoms with Gasteiger partial charge in [-0.15, -0.1) is 0 Å². The second-order valence-electron chi connectivity index (χ2n) is 7.95. The first-order valence-electron chi connectivity index (χ1n) is 9.44. The van der Waals surface area contributed by atoms with E-state index in [9.17, 15) is 9.59 Å². The molecule has 3 heterocycles. The topological polar surface area (TPSA) is 67.2 Å². The fourth-order valence-corrected chi connectivity index (χ4v) is 3.24. The van der Waals surface area contributed by atoms with Crippen molar-refractivity contribution in [3.8, 4) is 0 Å². The fourth-order valence-electron chi connectivity index (χ4n) is 3.24. The Balaban J connectivity index is 1.76. The van der Waals surface area contributed by atoms with E-state index in [1.54, 1.807) is 9.80 Å². The third-order valence-corrected chi connectivity index (χ3v) is 4.59. The highest BCUT2D eigenvalue weighted by Gasteiger charge is 2.30. The molecule has 2 amide bonds. The molecule has 0 unspecified atom stereocenters. The predicted molar refractivity (Wildman–Crippen MR) is 103 cm³/mol. The molecule has 7 heteroatoms. The molecule has 0 spiro atoms. The van der Waals surface area contributed by atoms with Crippen molar-refractivity contribution in [2.24, 2.45) is 0 Å². The quantitative estimate of drug-likeness (QED) is 0.813. The van der Waals surface area contributed by atoms with Crippen molar-refractivity contribution in [3.05, 3.63) is 35.3 Å². The number of pyridine rings is 1. The zero-order valence-electron chi connectivity index (χ0n) is 16.8. The number of carbonyl (C=O) groups excluding carboxylic acids is 2. The van der Waals surface area contributed by atoms with E-state index in [2.05, 4.69) is 4.98 Å². The van der Waals surface area contributed by atoms with Crippen LogP contribution in [-0.2, 0) is 11.2 Å². The maximum atomic E-state index is 13.2. The minimum atomic E-state index is -0.519. The number of nitrogens with zero attached hydrogens (tertiary/aromatic N) is 4. The van der Waals surface area contributed by atoms with E-state index in [1.165, 1.54) is 0 Å². The normalized spacial score (nSPS) is 15.3. The average Bonchev–Trinajstić information content (AvgIpc) is 2.97. The summed E-state index contributed by atoms with van der Waals surface area (Å²) in [6.45, 7) is 11.5. The Morgan fingerprint density at radius 1 is 1.11 bits per heavy atom. The van der Waals surface area contributed by atoms with E-state index in [0.717, 1.165) is 16.9 Å². The van der Waals surface area contributed by atoms with Crippen LogP contribution in [0.4, 0.5) is 4.79 Å². The maximum Gasteiger partial charge on any atom is 0.410 e. The molecule has 2 aromatic heterocycles. The Bertz CT molecular complexity index is 858. The number of rotatable bonds is 2. The van der Waals surface area contributed by atoms with E-state index >= 15 is 0 Å². The number of aromatic nitrogens is 2. The molecule has 27 heavy (non-hydrogen) atoms. The van der Waals surface area contributed by atoms with Gasteiger partial charge in [0, 0.05) is 32.4 Å². The van der Waals surface area contributed by atoms with Crippen LogP contribution >= 0.6 is 0 Å². The van der Waals surface area contributed by atoms with Gasteiger partial charge in [-0.2, -0.15) is 0 Å². The lowest BCUT2D eigenvalue weighted by Gasteiger charge is -2.35. The number of imidazole rings is 1. The van der Waals surface area contributed by atoms with Gasteiger partial charge < -0.3 is 14.5 Å². The van der Waals surface area contributed by atoms with Gasteiger partial charge in [0.05, 0.1) is 5.69 Å². The maximum absolute atomic E-state index is 13.2. The van der Waals surface area contributed by atoms with E-state index < -0.39 is 5.60 Å². The number of hydrogen-bond donors (Lipinski definition) is 0. The Morgan fingerprint density at radius 3 is 2.33 bits per heavy atom. The van der Waals surface area contributed by atoms with E-state index in [0.29, 0.717) is 38.3 Å². The first kappa shape index (κ1) is 19.2. The highest BCUT2D eigenvalue weighted by molar-refractivity contribution is 5.95. The van der Waals surface area contributed by atoms with Crippen LogP contribution in [0.5, 0.6) is 0 Å². The molecule has 0 atom stereocenters. The number of aryl methyl sites for hydroxylation is 2. The van der Waals surface area contributed by atoms with Crippen molar-refractivity contribution in [2.75, 3.05) is 26.2 Å². The molecule has 1 saturated heterocycles. The summed E-state index contributed by atoms with van der Waals surface area (Å²) in [5.41, 5.74) is 2.77. The highest BCUT2D eigenvalue weighted by atomic mass is 16.6. The van der Waals surface area contributed by atoms with Gasteiger partial charge in [-0.1, -0.05) is 13.0 Å². The van der Waals surface area contributed by atoms with Crippen LogP contribution in [0.3, 0.4) is 0 Å². The largest absolute Gasteiger partial charge is 0.444 e. The lowest BCUT2D eigenvalue weighted by molar-refractivity contribution is 0.0140. The first-order valence-corrected chi connectivity index (χ1v) is 9.44. The average molecular weight is 372 g/mol. The Labute approximate surface area is 159 Å². The number of fused-ring (bicyclic) bond motifs is 1. The Morgan fingerprint density at radius 2 is 1.74 bits per heavy atom. The van der Waals surface area contributed by atoms with Gasteiger partial charge >= 0.3 is 6.09 Å². The van der Waals surface area contributed by atoms with Gasteiger partial charge in [0.1, 0.15) is 16.9 Å². The van der Waals surface area contributed by atoms with Gasteiger partial charge in [-0.3, -0.25) is 9.20 Å². The number of amides is 2.